The van der Waals surface area contributed by atoms with E-state index in [2.05, 4.69) is 10.6 Å². The summed E-state index contributed by atoms with van der Waals surface area (Å²) >= 11 is 4.84. The highest BCUT2D eigenvalue weighted by Gasteiger charge is 2.33. The first-order chi connectivity index (χ1) is 10.3. The Morgan fingerprint density at radius 1 is 0.909 bits per heavy atom. The molecule has 0 aliphatic carbocycles. The maximum atomic E-state index is 13.4. The van der Waals surface area contributed by atoms with Gasteiger partial charge in [-0.05, 0) is 36.5 Å². The van der Waals surface area contributed by atoms with Gasteiger partial charge in [0.1, 0.15) is 11.6 Å². The number of hydrogen-bond donors (Lipinski definition) is 2. The third-order valence-electron chi connectivity index (χ3n) is 2.66. The molecule has 2 N–H and O–H groups in total. The van der Waals surface area contributed by atoms with E-state index in [-0.39, 0.29) is 16.5 Å². The zero-order valence-electron chi connectivity index (χ0n) is 10.8. The lowest BCUT2D eigenvalue weighted by molar-refractivity contribution is -0.136. The number of halogens is 5. The van der Waals surface area contributed by atoms with Crippen molar-refractivity contribution < 1.29 is 22.0 Å². The van der Waals surface area contributed by atoms with E-state index >= 15 is 0 Å². The highest BCUT2D eigenvalue weighted by atomic mass is 32.1. The SMILES string of the molecule is Fc1ccc(NC(=S)Nc2ccccc2C(F)(F)F)c(F)c1. The van der Waals surface area contributed by atoms with Crippen LogP contribution in [0.5, 0.6) is 0 Å². The van der Waals surface area contributed by atoms with E-state index in [1.54, 1.807) is 0 Å². The molecule has 2 nitrogen and oxygen atoms in total. The molecule has 8 heteroatoms. The van der Waals surface area contributed by atoms with Crippen molar-refractivity contribution in [3.05, 3.63) is 59.7 Å². The zero-order chi connectivity index (χ0) is 16.3. The predicted octanol–water partition coefficient (Wildman–Crippen LogP) is 4.79. The summed E-state index contributed by atoms with van der Waals surface area (Å²) in [6.45, 7) is 0. The maximum absolute atomic E-state index is 13.4. The lowest BCUT2D eigenvalue weighted by atomic mass is 10.1. The van der Waals surface area contributed by atoms with Crippen LogP contribution in [0.25, 0.3) is 0 Å². The molecule has 0 unspecified atom stereocenters. The van der Waals surface area contributed by atoms with Crippen LogP contribution in [0.4, 0.5) is 33.3 Å². The summed E-state index contributed by atoms with van der Waals surface area (Å²) in [5.41, 5.74) is -1.32. The molecule has 22 heavy (non-hydrogen) atoms. The van der Waals surface area contributed by atoms with Crippen LogP contribution in [0.15, 0.2) is 42.5 Å². The number of benzene rings is 2. The van der Waals surface area contributed by atoms with E-state index in [4.69, 9.17) is 12.2 Å². The summed E-state index contributed by atoms with van der Waals surface area (Å²) in [4.78, 5) is 0. The van der Waals surface area contributed by atoms with E-state index < -0.39 is 23.4 Å². The number of para-hydroxylation sites is 1. The van der Waals surface area contributed by atoms with E-state index in [9.17, 15) is 22.0 Å². The lowest BCUT2D eigenvalue weighted by Gasteiger charge is -2.16. The zero-order valence-corrected chi connectivity index (χ0v) is 11.7. The van der Waals surface area contributed by atoms with Crippen molar-refractivity contribution in [2.24, 2.45) is 0 Å². The van der Waals surface area contributed by atoms with Crippen molar-refractivity contribution in [1.29, 1.82) is 0 Å². The van der Waals surface area contributed by atoms with Gasteiger partial charge < -0.3 is 10.6 Å². The number of nitrogens with one attached hydrogen (secondary N) is 2. The molecule has 2 aromatic carbocycles. The van der Waals surface area contributed by atoms with Crippen LogP contribution < -0.4 is 10.6 Å². The first kappa shape index (κ1) is 16.2. The molecule has 0 aromatic heterocycles. The van der Waals surface area contributed by atoms with Gasteiger partial charge in [0.15, 0.2) is 5.11 Å². The summed E-state index contributed by atoms with van der Waals surface area (Å²) < 4.78 is 64.7. The van der Waals surface area contributed by atoms with Crippen LogP contribution in [-0.4, -0.2) is 5.11 Å². The van der Waals surface area contributed by atoms with Crippen LogP contribution in [-0.2, 0) is 6.18 Å². The molecular weight excluding hydrogens is 323 g/mol. The summed E-state index contributed by atoms with van der Waals surface area (Å²) in [6.07, 6.45) is -4.56. The average molecular weight is 332 g/mol. The molecular formula is C14H9F5N2S. The van der Waals surface area contributed by atoms with Gasteiger partial charge in [0.25, 0.3) is 0 Å². The second-order valence-electron chi connectivity index (χ2n) is 4.25. The first-order valence-corrected chi connectivity index (χ1v) is 6.37. The van der Waals surface area contributed by atoms with Crippen LogP contribution >= 0.6 is 12.2 Å². The van der Waals surface area contributed by atoms with Crippen LogP contribution in [0, 0.1) is 11.6 Å². The second kappa shape index (κ2) is 6.27. The topological polar surface area (TPSA) is 24.1 Å². The minimum atomic E-state index is -4.56. The molecule has 116 valence electrons. The molecule has 0 aliphatic heterocycles. The van der Waals surface area contributed by atoms with Crippen LogP contribution in [0.3, 0.4) is 0 Å². The van der Waals surface area contributed by atoms with Gasteiger partial charge in [-0.1, -0.05) is 12.1 Å². The molecule has 0 saturated carbocycles. The van der Waals surface area contributed by atoms with Crippen LogP contribution in [0.2, 0.25) is 0 Å². The summed E-state index contributed by atoms with van der Waals surface area (Å²) in [7, 11) is 0. The molecule has 0 fully saturated rings. The van der Waals surface area contributed by atoms with Crippen molar-refractivity contribution in [2.75, 3.05) is 10.6 Å². The molecule has 0 aliphatic rings. The molecule has 0 saturated heterocycles. The number of thiocarbonyl (C=S) groups is 1. The average Bonchev–Trinajstić information content (AvgIpc) is 2.41. The van der Waals surface area contributed by atoms with Gasteiger partial charge in [-0.2, -0.15) is 13.2 Å². The van der Waals surface area contributed by atoms with E-state index in [0.717, 1.165) is 18.2 Å². The fourth-order valence-electron chi connectivity index (χ4n) is 1.71. The Labute approximate surface area is 128 Å². The van der Waals surface area contributed by atoms with Gasteiger partial charge in [-0.25, -0.2) is 8.78 Å². The van der Waals surface area contributed by atoms with Gasteiger partial charge in [-0.15, -0.1) is 0 Å². The Kier molecular flexibility index (Phi) is 4.60. The van der Waals surface area contributed by atoms with Crippen molar-refractivity contribution in [2.45, 2.75) is 6.18 Å². The molecule has 0 bridgehead atoms. The van der Waals surface area contributed by atoms with Crippen molar-refractivity contribution in [1.82, 2.24) is 0 Å². The number of rotatable bonds is 2. The fraction of sp³-hybridized carbons (Fsp3) is 0.0714. The molecule has 0 amide bonds. The third kappa shape index (κ3) is 3.91. The standard InChI is InChI=1S/C14H9F5N2S/c15-8-5-6-12(10(16)7-8)21-13(22)20-11-4-2-1-3-9(11)14(17,18)19/h1-7H,(H2,20,21,22). The van der Waals surface area contributed by atoms with E-state index in [1.165, 1.54) is 18.2 Å². The highest BCUT2D eigenvalue weighted by molar-refractivity contribution is 7.80. The molecule has 0 spiro atoms. The second-order valence-corrected chi connectivity index (χ2v) is 4.65. The van der Waals surface area contributed by atoms with Gasteiger partial charge in [0.2, 0.25) is 0 Å². The number of hydrogen-bond acceptors (Lipinski definition) is 1. The van der Waals surface area contributed by atoms with Gasteiger partial charge >= 0.3 is 6.18 Å². The monoisotopic (exact) mass is 332 g/mol. The maximum Gasteiger partial charge on any atom is 0.418 e. The summed E-state index contributed by atoms with van der Waals surface area (Å²) in [5, 5.41) is 4.48. The van der Waals surface area contributed by atoms with Crippen molar-refractivity contribution >= 4 is 28.7 Å². The van der Waals surface area contributed by atoms with Crippen molar-refractivity contribution in [3.63, 3.8) is 0 Å². The van der Waals surface area contributed by atoms with E-state index in [1.807, 2.05) is 0 Å². The summed E-state index contributed by atoms with van der Waals surface area (Å²) in [6, 6.07) is 7.45. The minimum absolute atomic E-state index is 0.150. The Hall–Kier alpha value is -2.22. The summed E-state index contributed by atoms with van der Waals surface area (Å²) in [5.74, 6) is -1.68. The number of alkyl halides is 3. The first-order valence-electron chi connectivity index (χ1n) is 5.96. The Balaban J connectivity index is 2.16. The molecule has 0 heterocycles. The largest absolute Gasteiger partial charge is 0.418 e. The van der Waals surface area contributed by atoms with Gasteiger partial charge in [-0.3, -0.25) is 0 Å². The quantitative estimate of drug-likeness (QED) is 0.611. The molecule has 0 atom stereocenters. The van der Waals surface area contributed by atoms with Gasteiger partial charge in [0, 0.05) is 6.07 Å². The molecule has 0 radical (unpaired) electrons. The lowest BCUT2D eigenvalue weighted by Crippen LogP contribution is -2.22. The normalized spacial score (nSPS) is 11.1. The smallest absolute Gasteiger partial charge is 0.332 e. The van der Waals surface area contributed by atoms with E-state index in [0.29, 0.717) is 6.07 Å². The predicted molar refractivity (Wildman–Crippen MR) is 77.6 cm³/mol. The third-order valence-corrected chi connectivity index (χ3v) is 2.86. The van der Waals surface area contributed by atoms with Crippen molar-refractivity contribution in [3.8, 4) is 0 Å². The van der Waals surface area contributed by atoms with Gasteiger partial charge in [0.05, 0.1) is 16.9 Å². The highest BCUT2D eigenvalue weighted by Crippen LogP contribution is 2.34. The fourth-order valence-corrected chi connectivity index (χ4v) is 1.93. The number of anilines is 2. The molecule has 2 aromatic rings. The van der Waals surface area contributed by atoms with Crippen LogP contribution in [0.1, 0.15) is 5.56 Å². The Bertz CT molecular complexity index is 700. The Morgan fingerprint density at radius 2 is 1.55 bits per heavy atom. The Morgan fingerprint density at radius 3 is 2.18 bits per heavy atom. The minimum Gasteiger partial charge on any atom is -0.332 e. The molecule has 2 rings (SSSR count).